The summed E-state index contributed by atoms with van der Waals surface area (Å²) in [5.74, 6) is -1.94. The molecule has 0 unspecified atom stereocenters. The molecule has 1 aliphatic rings. The lowest BCUT2D eigenvalue weighted by Gasteiger charge is -2.09. The van der Waals surface area contributed by atoms with Crippen LogP contribution in [0.15, 0.2) is 22.8 Å². The molecule has 1 fully saturated rings. The fourth-order valence-corrected chi connectivity index (χ4v) is 4.28. The highest BCUT2D eigenvalue weighted by Crippen LogP contribution is 2.40. The molecule has 0 radical (unpaired) electrons. The summed E-state index contributed by atoms with van der Waals surface area (Å²) in [6.45, 7) is -0.591. The van der Waals surface area contributed by atoms with Crippen LogP contribution in [-0.2, 0) is 19.2 Å². The summed E-state index contributed by atoms with van der Waals surface area (Å²) in [5.41, 5.74) is 4.84. The molecular formula is C15H21N3O5S2. The lowest BCUT2D eigenvalue weighted by Crippen LogP contribution is -2.37. The molecule has 1 heterocycles. The number of primary amides is 1. The minimum absolute atomic E-state index is 0.175. The minimum Gasteiger partial charge on any atom is -0.480 e. The molecule has 1 aliphatic heterocycles. The van der Waals surface area contributed by atoms with Crippen molar-refractivity contribution in [3.63, 3.8) is 0 Å². The van der Waals surface area contributed by atoms with Crippen molar-refractivity contribution in [1.29, 1.82) is 0 Å². The van der Waals surface area contributed by atoms with Gasteiger partial charge < -0.3 is 21.5 Å². The first-order valence-electron chi connectivity index (χ1n) is 7.65. The summed E-state index contributed by atoms with van der Waals surface area (Å²) in [4.78, 5) is 46.5. The van der Waals surface area contributed by atoms with Crippen molar-refractivity contribution in [2.75, 3.05) is 12.3 Å². The Kier molecular flexibility index (Phi) is 9.78. The Morgan fingerprint density at radius 1 is 1.28 bits per heavy atom. The summed E-state index contributed by atoms with van der Waals surface area (Å²) >= 11 is 0. The highest BCUT2D eigenvalue weighted by molar-refractivity contribution is 8.78. The van der Waals surface area contributed by atoms with Gasteiger partial charge in [-0.25, -0.2) is 0 Å². The van der Waals surface area contributed by atoms with Gasteiger partial charge in [0.2, 0.25) is 11.8 Å². The molecule has 1 rings (SSSR count). The van der Waals surface area contributed by atoms with Gasteiger partial charge >= 0.3 is 5.97 Å². The van der Waals surface area contributed by atoms with Gasteiger partial charge in [-0.3, -0.25) is 19.2 Å². The number of carbonyl (C=O) groups excluding carboxylic acids is 3. The molecule has 0 saturated carbocycles. The number of hydrogen-bond acceptors (Lipinski definition) is 6. The number of allylic oxidation sites excluding steroid dienone is 2. The summed E-state index contributed by atoms with van der Waals surface area (Å²) in [7, 11) is 3.57. The first-order valence-corrected chi connectivity index (χ1v) is 9.97. The van der Waals surface area contributed by atoms with Gasteiger partial charge in [0, 0.05) is 18.6 Å². The SMILES string of the molecule is NC(=O)C/C=C(/NC(=O)CCC/C=C1/CCSS1)C(=O)NCC(=O)O. The highest BCUT2D eigenvalue weighted by Gasteiger charge is 2.14. The molecule has 0 aromatic carbocycles. The molecule has 1 saturated heterocycles. The van der Waals surface area contributed by atoms with Crippen LogP contribution in [-0.4, -0.2) is 41.1 Å². The number of aliphatic carboxylic acids is 1. The van der Waals surface area contributed by atoms with E-state index in [4.69, 9.17) is 10.8 Å². The smallest absolute Gasteiger partial charge is 0.322 e. The lowest BCUT2D eigenvalue weighted by molar-refractivity contribution is -0.137. The Balaban J connectivity index is 2.48. The van der Waals surface area contributed by atoms with Gasteiger partial charge in [-0.1, -0.05) is 27.7 Å². The molecule has 0 aromatic rings. The molecule has 5 N–H and O–H groups in total. The van der Waals surface area contributed by atoms with E-state index in [-0.39, 0.29) is 24.4 Å². The predicted molar refractivity (Wildman–Crippen MR) is 97.3 cm³/mol. The monoisotopic (exact) mass is 387 g/mol. The van der Waals surface area contributed by atoms with E-state index in [1.807, 2.05) is 10.8 Å². The third kappa shape index (κ3) is 9.82. The molecular weight excluding hydrogens is 366 g/mol. The van der Waals surface area contributed by atoms with E-state index >= 15 is 0 Å². The van der Waals surface area contributed by atoms with Crippen LogP contribution in [0.4, 0.5) is 0 Å². The first kappa shape index (κ1) is 21.1. The summed E-state index contributed by atoms with van der Waals surface area (Å²) in [6.07, 6.45) is 5.71. The van der Waals surface area contributed by atoms with Gasteiger partial charge in [-0.2, -0.15) is 0 Å². The average molecular weight is 387 g/mol. The summed E-state index contributed by atoms with van der Waals surface area (Å²) in [5, 5.41) is 13.1. The van der Waals surface area contributed by atoms with Gasteiger partial charge in [0.15, 0.2) is 0 Å². The van der Waals surface area contributed by atoms with Crippen molar-refractivity contribution in [2.24, 2.45) is 5.73 Å². The van der Waals surface area contributed by atoms with Crippen molar-refractivity contribution < 1.29 is 24.3 Å². The maximum absolute atomic E-state index is 11.9. The molecule has 0 atom stereocenters. The van der Waals surface area contributed by atoms with E-state index in [0.717, 1.165) is 18.6 Å². The van der Waals surface area contributed by atoms with Crippen molar-refractivity contribution in [1.82, 2.24) is 10.6 Å². The van der Waals surface area contributed by atoms with E-state index in [1.165, 1.54) is 11.0 Å². The van der Waals surface area contributed by atoms with Crippen LogP contribution in [0.3, 0.4) is 0 Å². The third-order valence-electron chi connectivity index (χ3n) is 3.00. The number of unbranched alkanes of at least 4 members (excludes halogenated alkanes) is 1. The van der Waals surface area contributed by atoms with E-state index in [2.05, 4.69) is 16.7 Å². The predicted octanol–water partition coefficient (Wildman–Crippen LogP) is 0.902. The molecule has 3 amide bonds. The second kappa shape index (κ2) is 11.6. The molecule has 25 heavy (non-hydrogen) atoms. The van der Waals surface area contributed by atoms with Crippen LogP contribution >= 0.6 is 21.6 Å². The van der Waals surface area contributed by atoms with Crippen molar-refractivity contribution in [2.45, 2.75) is 32.1 Å². The van der Waals surface area contributed by atoms with Crippen molar-refractivity contribution in [3.05, 3.63) is 22.8 Å². The third-order valence-corrected chi connectivity index (χ3v) is 5.57. The Morgan fingerprint density at radius 3 is 2.64 bits per heavy atom. The second-order valence-corrected chi connectivity index (χ2v) is 7.67. The first-order chi connectivity index (χ1) is 11.9. The normalized spacial score (nSPS) is 15.8. The van der Waals surface area contributed by atoms with E-state index in [0.29, 0.717) is 6.42 Å². The molecule has 10 heteroatoms. The Hall–Kier alpha value is -1.94. The Labute approximate surface area is 153 Å². The number of carbonyl (C=O) groups is 4. The summed E-state index contributed by atoms with van der Waals surface area (Å²) in [6, 6.07) is 0. The van der Waals surface area contributed by atoms with Crippen LogP contribution < -0.4 is 16.4 Å². The van der Waals surface area contributed by atoms with Gasteiger partial charge in [0.05, 0.1) is 0 Å². The van der Waals surface area contributed by atoms with Crippen LogP contribution in [0.2, 0.25) is 0 Å². The van der Waals surface area contributed by atoms with E-state index < -0.39 is 24.3 Å². The van der Waals surface area contributed by atoms with Crippen LogP contribution in [0, 0.1) is 0 Å². The Bertz CT molecular complexity index is 582. The zero-order valence-electron chi connectivity index (χ0n) is 13.6. The largest absolute Gasteiger partial charge is 0.480 e. The van der Waals surface area contributed by atoms with Crippen LogP contribution in [0.1, 0.15) is 32.1 Å². The van der Waals surface area contributed by atoms with E-state index in [9.17, 15) is 19.2 Å². The lowest BCUT2D eigenvalue weighted by atomic mass is 10.2. The Morgan fingerprint density at radius 2 is 2.04 bits per heavy atom. The standard InChI is InChI=1S/C15H21N3O5S2/c16-12(19)6-5-11(15(23)17-9-14(21)22)18-13(20)4-2-1-3-10-7-8-24-25-10/h3,5H,1-2,4,6-9H2,(H2,16,19)(H,17,23)(H,18,20)(H,21,22)/b10-3-,11-5+. The molecule has 8 nitrogen and oxygen atoms in total. The molecule has 0 aliphatic carbocycles. The van der Waals surface area contributed by atoms with Crippen LogP contribution in [0.5, 0.6) is 0 Å². The number of hydrogen-bond donors (Lipinski definition) is 4. The molecule has 0 aromatic heterocycles. The highest BCUT2D eigenvalue weighted by atomic mass is 33.1. The minimum atomic E-state index is -1.22. The van der Waals surface area contributed by atoms with E-state index in [1.54, 1.807) is 10.8 Å². The number of nitrogens with two attached hydrogens (primary N) is 1. The number of nitrogens with one attached hydrogen (secondary N) is 2. The van der Waals surface area contributed by atoms with Crippen molar-refractivity contribution >= 4 is 45.3 Å². The number of carboxylic acid groups (broad SMARTS) is 1. The molecule has 138 valence electrons. The van der Waals surface area contributed by atoms with Crippen LogP contribution in [0.25, 0.3) is 0 Å². The zero-order valence-corrected chi connectivity index (χ0v) is 15.2. The summed E-state index contributed by atoms with van der Waals surface area (Å²) < 4.78 is 0. The number of amides is 3. The maximum atomic E-state index is 11.9. The topological polar surface area (TPSA) is 139 Å². The molecule has 0 spiro atoms. The van der Waals surface area contributed by atoms with Gasteiger partial charge in [0.25, 0.3) is 5.91 Å². The average Bonchev–Trinajstić information content (AvgIpc) is 3.06. The number of rotatable bonds is 10. The maximum Gasteiger partial charge on any atom is 0.322 e. The van der Waals surface area contributed by atoms with Gasteiger partial charge in [0.1, 0.15) is 12.2 Å². The fourth-order valence-electron chi connectivity index (χ4n) is 1.83. The fraction of sp³-hybridized carbons (Fsp3) is 0.467. The number of carboxylic acids is 1. The quantitative estimate of drug-likeness (QED) is 0.248. The van der Waals surface area contributed by atoms with Gasteiger partial charge in [-0.05, 0) is 30.2 Å². The van der Waals surface area contributed by atoms with Crippen molar-refractivity contribution in [3.8, 4) is 0 Å². The second-order valence-electron chi connectivity index (χ2n) is 5.13. The van der Waals surface area contributed by atoms with Gasteiger partial charge in [-0.15, -0.1) is 0 Å². The zero-order chi connectivity index (χ0) is 18.7. The molecule has 0 bridgehead atoms.